The maximum absolute atomic E-state index is 14.1. The van der Waals surface area contributed by atoms with Gasteiger partial charge in [0.05, 0.1) is 23.1 Å². The predicted molar refractivity (Wildman–Crippen MR) is 127 cm³/mol. The van der Waals surface area contributed by atoms with Gasteiger partial charge in [-0.1, -0.05) is 17.7 Å². The van der Waals surface area contributed by atoms with Crippen LogP contribution >= 0.6 is 11.6 Å². The summed E-state index contributed by atoms with van der Waals surface area (Å²) in [5.74, 6) is -0.988. The van der Waals surface area contributed by atoms with E-state index in [-0.39, 0.29) is 65.5 Å². The van der Waals surface area contributed by atoms with Gasteiger partial charge in [0.1, 0.15) is 24.1 Å². The lowest BCUT2D eigenvalue weighted by atomic mass is 10.1. The van der Waals surface area contributed by atoms with Crippen LogP contribution in [0.4, 0.5) is 4.39 Å². The molecule has 12 heteroatoms. The van der Waals surface area contributed by atoms with Gasteiger partial charge in [-0.05, 0) is 31.0 Å². The smallest absolute Gasteiger partial charge is 0.255 e. The quantitative estimate of drug-likeness (QED) is 0.521. The van der Waals surface area contributed by atoms with Crippen LogP contribution in [0.1, 0.15) is 40.0 Å². The van der Waals surface area contributed by atoms with E-state index in [1.165, 1.54) is 43.7 Å². The molecule has 0 radical (unpaired) electrons. The first-order valence-electron chi connectivity index (χ1n) is 10.8. The number of hydrogen-bond acceptors (Lipinski definition) is 7. The maximum atomic E-state index is 14.1. The summed E-state index contributed by atoms with van der Waals surface area (Å²) in [5.41, 5.74) is 0.658. The Morgan fingerprint density at radius 1 is 1.29 bits per heavy atom. The summed E-state index contributed by atoms with van der Waals surface area (Å²) in [4.78, 5) is 19.1. The molecule has 2 heterocycles. The molecule has 0 N–H and O–H groups in total. The van der Waals surface area contributed by atoms with Crippen LogP contribution < -0.4 is 4.74 Å². The van der Waals surface area contributed by atoms with Crippen molar-refractivity contribution in [3.8, 4) is 11.9 Å². The maximum Gasteiger partial charge on any atom is 0.255 e. The number of carbonyl (C=O) groups is 1. The number of pyridine rings is 1. The molecule has 2 aromatic rings. The van der Waals surface area contributed by atoms with Crippen LogP contribution in [0.3, 0.4) is 0 Å². The number of nitriles is 1. The summed E-state index contributed by atoms with van der Waals surface area (Å²) in [6.07, 6.45) is 0.608. The third kappa shape index (κ3) is 6.08. The van der Waals surface area contributed by atoms with E-state index in [1.54, 1.807) is 4.90 Å². The van der Waals surface area contributed by atoms with E-state index in [9.17, 15) is 22.9 Å². The molecule has 35 heavy (non-hydrogen) atoms. The van der Waals surface area contributed by atoms with Gasteiger partial charge < -0.3 is 14.4 Å². The van der Waals surface area contributed by atoms with Crippen molar-refractivity contribution in [1.82, 2.24) is 14.2 Å². The molecular formula is C23H26ClFN4O5S. The molecule has 1 aliphatic rings. The van der Waals surface area contributed by atoms with Gasteiger partial charge in [-0.3, -0.25) is 4.79 Å². The number of nitrogens with zero attached hydrogens (tertiary/aromatic N) is 4. The Kier molecular flexibility index (Phi) is 8.66. The topological polar surface area (TPSA) is 113 Å². The van der Waals surface area contributed by atoms with Crippen molar-refractivity contribution < 1.29 is 27.1 Å². The van der Waals surface area contributed by atoms with Crippen molar-refractivity contribution in [2.24, 2.45) is 0 Å². The minimum atomic E-state index is -3.41. The molecule has 1 saturated heterocycles. The van der Waals surface area contributed by atoms with Crippen LogP contribution in [0.15, 0.2) is 24.3 Å². The normalized spacial score (nSPS) is 14.7. The van der Waals surface area contributed by atoms with Gasteiger partial charge in [0.25, 0.3) is 5.91 Å². The summed E-state index contributed by atoms with van der Waals surface area (Å²) in [6, 6.07) is 7.49. The Morgan fingerprint density at radius 2 is 1.97 bits per heavy atom. The first-order valence-corrected chi connectivity index (χ1v) is 12.7. The molecule has 0 saturated carbocycles. The molecule has 1 fully saturated rings. The van der Waals surface area contributed by atoms with Crippen molar-refractivity contribution >= 4 is 27.5 Å². The standard InChI is InChI=1S/C23H26ClFN4O5S/c1-28(2)35(31,32)18-6-8-29(9-7-18)23(30)19-10-16(12-26)22(27-21(19)14-33-3)34-13-15-4-5-17(24)11-20(15)25/h4-5,10-11,18H,6-9,13-14H2,1-3H3. The highest BCUT2D eigenvalue weighted by atomic mass is 35.5. The number of ether oxygens (including phenoxy) is 2. The van der Waals surface area contributed by atoms with Crippen molar-refractivity contribution in [3.05, 3.63) is 57.5 Å². The predicted octanol–water partition coefficient (Wildman–Crippen LogP) is 2.97. The van der Waals surface area contributed by atoms with Gasteiger partial charge in [-0.2, -0.15) is 5.26 Å². The Labute approximate surface area is 209 Å². The van der Waals surface area contributed by atoms with Gasteiger partial charge >= 0.3 is 0 Å². The third-order valence-corrected chi connectivity index (χ3v) is 8.30. The summed E-state index contributed by atoms with van der Waals surface area (Å²) in [6.45, 7) is 0.278. The molecule has 1 amide bonds. The fraction of sp³-hybridized carbons (Fsp3) is 0.435. The zero-order chi connectivity index (χ0) is 25.8. The van der Waals surface area contributed by atoms with Crippen molar-refractivity contribution in [1.29, 1.82) is 5.26 Å². The number of halogens is 2. The Hall–Kier alpha value is -2.78. The average molecular weight is 525 g/mol. The van der Waals surface area contributed by atoms with Gasteiger partial charge in [0.2, 0.25) is 15.9 Å². The van der Waals surface area contributed by atoms with E-state index in [2.05, 4.69) is 4.98 Å². The molecule has 188 valence electrons. The number of aromatic nitrogens is 1. The Balaban J connectivity index is 1.82. The molecular weight excluding hydrogens is 499 g/mol. The average Bonchev–Trinajstić information content (AvgIpc) is 2.83. The lowest BCUT2D eigenvalue weighted by molar-refractivity contribution is 0.0718. The van der Waals surface area contributed by atoms with Crippen molar-refractivity contribution in [2.75, 3.05) is 34.3 Å². The molecule has 9 nitrogen and oxygen atoms in total. The van der Waals surface area contributed by atoms with Crippen LogP contribution in [-0.4, -0.2) is 68.1 Å². The van der Waals surface area contributed by atoms with Crippen molar-refractivity contribution in [2.45, 2.75) is 31.3 Å². The van der Waals surface area contributed by atoms with Crippen LogP contribution in [0, 0.1) is 17.1 Å². The minimum absolute atomic E-state index is 0.00708. The molecule has 1 aromatic carbocycles. The second kappa shape index (κ2) is 11.3. The van der Waals surface area contributed by atoms with Gasteiger partial charge in [0.15, 0.2) is 0 Å². The number of sulfonamides is 1. The van der Waals surface area contributed by atoms with Crippen LogP contribution in [0.2, 0.25) is 5.02 Å². The molecule has 3 rings (SSSR count). The zero-order valence-electron chi connectivity index (χ0n) is 19.6. The highest BCUT2D eigenvalue weighted by Gasteiger charge is 2.34. The van der Waals surface area contributed by atoms with Gasteiger partial charge in [-0.15, -0.1) is 0 Å². The second-order valence-corrected chi connectivity index (χ2v) is 11.1. The summed E-state index contributed by atoms with van der Waals surface area (Å²) in [5, 5.41) is 9.32. The summed E-state index contributed by atoms with van der Waals surface area (Å²) in [7, 11) is 1.01. The first-order chi connectivity index (χ1) is 16.6. The van der Waals surface area contributed by atoms with Crippen molar-refractivity contribution in [3.63, 3.8) is 0 Å². The SMILES string of the molecule is COCc1nc(OCc2ccc(Cl)cc2F)c(C#N)cc1C(=O)N1CCC(S(=O)(=O)N(C)C)CC1. The minimum Gasteiger partial charge on any atom is -0.472 e. The fourth-order valence-electron chi connectivity index (χ4n) is 3.76. The third-order valence-electron chi connectivity index (χ3n) is 5.74. The van der Waals surface area contributed by atoms with E-state index in [4.69, 9.17) is 21.1 Å². The van der Waals surface area contributed by atoms with Gasteiger partial charge in [-0.25, -0.2) is 22.1 Å². The summed E-state index contributed by atoms with van der Waals surface area (Å²) < 4.78 is 50.9. The van der Waals surface area contributed by atoms with Crippen LogP contribution in [0.5, 0.6) is 5.88 Å². The largest absolute Gasteiger partial charge is 0.472 e. The fourth-order valence-corrected chi connectivity index (χ4v) is 5.33. The second-order valence-electron chi connectivity index (χ2n) is 8.22. The van der Waals surface area contributed by atoms with E-state index in [1.807, 2.05) is 6.07 Å². The number of benzene rings is 1. The number of likely N-dealkylation sites (tertiary alicyclic amines) is 1. The lowest BCUT2D eigenvalue weighted by Crippen LogP contribution is -2.45. The number of hydrogen-bond donors (Lipinski definition) is 0. The number of rotatable bonds is 8. The molecule has 0 bridgehead atoms. The number of amides is 1. The summed E-state index contributed by atoms with van der Waals surface area (Å²) >= 11 is 5.77. The molecule has 0 aliphatic carbocycles. The highest BCUT2D eigenvalue weighted by molar-refractivity contribution is 7.89. The molecule has 1 aliphatic heterocycles. The zero-order valence-corrected chi connectivity index (χ0v) is 21.2. The van der Waals surface area contributed by atoms with E-state index < -0.39 is 21.1 Å². The number of carbonyl (C=O) groups excluding carboxylic acids is 1. The number of methoxy groups -OCH3 is 1. The first kappa shape index (κ1) is 26.8. The van der Waals surface area contributed by atoms with Crippen LogP contribution in [-0.2, 0) is 28.0 Å². The monoisotopic (exact) mass is 524 g/mol. The van der Waals surface area contributed by atoms with E-state index in [0.29, 0.717) is 12.8 Å². The van der Waals surface area contributed by atoms with E-state index in [0.717, 1.165) is 6.07 Å². The highest BCUT2D eigenvalue weighted by Crippen LogP contribution is 2.26. The molecule has 0 atom stereocenters. The van der Waals surface area contributed by atoms with E-state index >= 15 is 0 Å². The Morgan fingerprint density at radius 3 is 2.54 bits per heavy atom. The van der Waals surface area contributed by atoms with Crippen LogP contribution in [0.25, 0.3) is 0 Å². The lowest BCUT2D eigenvalue weighted by Gasteiger charge is -2.33. The molecule has 1 aromatic heterocycles. The Bertz CT molecular complexity index is 1240. The molecule has 0 unspecified atom stereocenters. The van der Waals surface area contributed by atoms with Gasteiger partial charge in [0, 0.05) is 44.9 Å². The molecule has 0 spiro atoms. The number of piperidine rings is 1.